The molecular formula is C9H8BN. The molecule has 2 heteroatoms. The normalized spacial score (nSPS) is 14.4. The highest BCUT2D eigenvalue weighted by Gasteiger charge is 2.04. The van der Waals surface area contributed by atoms with Gasteiger partial charge >= 0.3 is 0 Å². The summed E-state index contributed by atoms with van der Waals surface area (Å²) in [6.07, 6.45) is 1.86. The molecular weight excluding hydrogens is 133 g/mol. The minimum Gasteiger partial charge on any atom is -0.272 e. The van der Waals surface area contributed by atoms with Gasteiger partial charge in [0.2, 0.25) is 7.28 Å². The first-order valence-corrected chi connectivity index (χ1v) is 3.74. The molecule has 0 unspecified atom stereocenters. The summed E-state index contributed by atoms with van der Waals surface area (Å²) in [4.78, 5) is 4.24. The first-order chi connectivity index (χ1) is 5.47. The fourth-order valence-corrected chi connectivity index (χ4v) is 1.18. The molecule has 1 aliphatic heterocycles. The molecule has 52 valence electrons. The fourth-order valence-electron chi connectivity index (χ4n) is 1.18. The molecule has 1 aliphatic rings. The number of nitrogens with zero attached hydrogens (tertiary/aromatic N) is 1. The third-order valence-corrected chi connectivity index (χ3v) is 1.75. The molecule has 0 fully saturated rings. The van der Waals surface area contributed by atoms with Gasteiger partial charge in [0.15, 0.2) is 0 Å². The van der Waals surface area contributed by atoms with Crippen LogP contribution in [-0.2, 0) is 0 Å². The van der Waals surface area contributed by atoms with Crippen molar-refractivity contribution in [3.8, 4) is 0 Å². The van der Waals surface area contributed by atoms with Crippen LogP contribution in [0.4, 0.5) is 0 Å². The molecule has 0 aliphatic carbocycles. The Kier molecular flexibility index (Phi) is 1.60. The second-order valence-corrected chi connectivity index (χ2v) is 2.53. The van der Waals surface area contributed by atoms with Gasteiger partial charge in [0.1, 0.15) is 0 Å². The molecule has 1 aromatic carbocycles. The summed E-state index contributed by atoms with van der Waals surface area (Å²) in [6.45, 7) is 0. The Balaban J connectivity index is 2.31. The van der Waals surface area contributed by atoms with Gasteiger partial charge in [-0.1, -0.05) is 36.3 Å². The van der Waals surface area contributed by atoms with Crippen molar-refractivity contribution in [3.63, 3.8) is 0 Å². The van der Waals surface area contributed by atoms with Crippen LogP contribution in [-0.4, -0.2) is 12.9 Å². The van der Waals surface area contributed by atoms with Crippen molar-refractivity contribution in [2.75, 3.05) is 0 Å². The summed E-state index contributed by atoms with van der Waals surface area (Å²) < 4.78 is 0. The zero-order valence-corrected chi connectivity index (χ0v) is 6.20. The zero-order valence-electron chi connectivity index (χ0n) is 6.20. The lowest BCUT2D eigenvalue weighted by Crippen LogP contribution is -2.04. The van der Waals surface area contributed by atoms with Crippen LogP contribution in [0.1, 0.15) is 5.56 Å². The molecule has 1 heterocycles. The third-order valence-electron chi connectivity index (χ3n) is 1.75. The van der Waals surface area contributed by atoms with Gasteiger partial charge in [-0.2, -0.15) is 0 Å². The van der Waals surface area contributed by atoms with Gasteiger partial charge in [0.05, 0.1) is 0 Å². The number of rotatable bonds is 1. The summed E-state index contributed by atoms with van der Waals surface area (Å²) in [5, 5.41) is 0. The van der Waals surface area contributed by atoms with E-state index in [-0.39, 0.29) is 0 Å². The molecule has 0 saturated carbocycles. The van der Waals surface area contributed by atoms with Crippen LogP contribution < -0.4 is 0 Å². The van der Waals surface area contributed by atoms with Gasteiger partial charge in [-0.05, 0) is 5.56 Å². The van der Waals surface area contributed by atoms with E-state index in [1.165, 1.54) is 11.2 Å². The van der Waals surface area contributed by atoms with E-state index in [9.17, 15) is 0 Å². The van der Waals surface area contributed by atoms with E-state index >= 15 is 0 Å². The third kappa shape index (κ3) is 1.24. The van der Waals surface area contributed by atoms with E-state index in [0.29, 0.717) is 0 Å². The summed E-state index contributed by atoms with van der Waals surface area (Å²) in [6, 6.07) is 10.3. The van der Waals surface area contributed by atoms with Gasteiger partial charge in [-0.15, -0.1) is 0 Å². The lowest BCUT2D eigenvalue weighted by Gasteiger charge is -1.96. The van der Waals surface area contributed by atoms with Crippen molar-refractivity contribution in [2.45, 2.75) is 0 Å². The Bertz CT molecular complexity index is 301. The van der Waals surface area contributed by atoms with Gasteiger partial charge < -0.3 is 0 Å². The second-order valence-electron chi connectivity index (χ2n) is 2.53. The minimum atomic E-state index is 0.976. The van der Waals surface area contributed by atoms with Crippen molar-refractivity contribution in [3.05, 3.63) is 48.1 Å². The van der Waals surface area contributed by atoms with E-state index in [2.05, 4.69) is 23.1 Å². The molecule has 11 heavy (non-hydrogen) atoms. The van der Waals surface area contributed by atoms with Gasteiger partial charge in [0, 0.05) is 11.8 Å². The van der Waals surface area contributed by atoms with E-state index < -0.39 is 0 Å². The summed E-state index contributed by atoms with van der Waals surface area (Å²) in [5.41, 5.74) is 2.41. The molecule has 0 saturated heterocycles. The summed E-state index contributed by atoms with van der Waals surface area (Å²) >= 11 is 0. The average Bonchev–Trinajstić information content (AvgIpc) is 2.58. The first-order valence-electron chi connectivity index (χ1n) is 3.74. The average molecular weight is 141 g/mol. The van der Waals surface area contributed by atoms with Gasteiger partial charge in [0.25, 0.3) is 0 Å². The van der Waals surface area contributed by atoms with Crippen molar-refractivity contribution in [1.82, 2.24) is 0 Å². The maximum absolute atomic E-state index is 4.24. The van der Waals surface area contributed by atoms with E-state index in [1.807, 2.05) is 24.4 Å². The lowest BCUT2D eigenvalue weighted by molar-refractivity contribution is 1.58. The standard InChI is InChI=1S/C9H8BN/c1-2-4-8(5-3-1)9-10-6-7-11-9/h1-7,10H. The van der Waals surface area contributed by atoms with Crippen LogP contribution in [0.15, 0.2) is 47.5 Å². The molecule has 0 atom stereocenters. The Labute approximate surface area is 66.7 Å². The molecule has 0 amide bonds. The van der Waals surface area contributed by atoms with E-state index in [0.717, 1.165) is 7.28 Å². The predicted octanol–water partition coefficient (Wildman–Crippen LogP) is 1.35. The molecule has 0 N–H and O–H groups in total. The molecule has 0 aromatic heterocycles. The fraction of sp³-hybridized carbons (Fsp3) is 0. The number of aliphatic imine (C=N–C) groups is 1. The van der Waals surface area contributed by atoms with Crippen LogP contribution in [0.3, 0.4) is 0 Å². The quantitative estimate of drug-likeness (QED) is 0.523. The highest BCUT2D eigenvalue weighted by Crippen LogP contribution is 2.04. The van der Waals surface area contributed by atoms with Crippen molar-refractivity contribution >= 4 is 12.9 Å². The SMILES string of the molecule is B1C=CN=C1c1ccccc1. The first kappa shape index (κ1) is 6.41. The Hall–Kier alpha value is -1.31. The van der Waals surface area contributed by atoms with E-state index in [4.69, 9.17) is 0 Å². The molecule has 1 nitrogen and oxygen atoms in total. The molecule has 2 rings (SSSR count). The van der Waals surface area contributed by atoms with Crippen LogP contribution in [0.5, 0.6) is 0 Å². The minimum absolute atomic E-state index is 0.976. The van der Waals surface area contributed by atoms with Gasteiger partial charge in [-0.3, -0.25) is 4.99 Å². The summed E-state index contributed by atoms with van der Waals surface area (Å²) in [7, 11) is 0.976. The largest absolute Gasteiger partial charge is 0.272 e. The molecule has 0 spiro atoms. The Morgan fingerprint density at radius 3 is 2.55 bits per heavy atom. The summed E-state index contributed by atoms with van der Waals surface area (Å²) in [5.74, 6) is 2.07. The Morgan fingerprint density at radius 2 is 1.91 bits per heavy atom. The highest BCUT2D eigenvalue weighted by atomic mass is 14.7. The monoisotopic (exact) mass is 141 g/mol. The predicted molar refractivity (Wildman–Crippen MR) is 49.3 cm³/mol. The number of benzene rings is 1. The molecule has 0 bridgehead atoms. The van der Waals surface area contributed by atoms with Crippen LogP contribution in [0.25, 0.3) is 0 Å². The number of hydrogen-bond donors (Lipinski definition) is 0. The van der Waals surface area contributed by atoms with Gasteiger partial charge in [-0.25, -0.2) is 0 Å². The van der Waals surface area contributed by atoms with Crippen molar-refractivity contribution in [2.24, 2.45) is 4.99 Å². The van der Waals surface area contributed by atoms with Crippen molar-refractivity contribution < 1.29 is 0 Å². The Morgan fingerprint density at radius 1 is 1.09 bits per heavy atom. The maximum atomic E-state index is 4.24. The highest BCUT2D eigenvalue weighted by molar-refractivity contribution is 6.83. The topological polar surface area (TPSA) is 12.4 Å². The second kappa shape index (κ2) is 2.75. The molecule has 0 radical (unpaired) electrons. The number of hydrogen-bond acceptors (Lipinski definition) is 1. The maximum Gasteiger partial charge on any atom is 0.209 e. The van der Waals surface area contributed by atoms with Crippen molar-refractivity contribution in [1.29, 1.82) is 0 Å². The smallest absolute Gasteiger partial charge is 0.209 e. The van der Waals surface area contributed by atoms with E-state index in [1.54, 1.807) is 0 Å². The lowest BCUT2D eigenvalue weighted by atomic mass is 9.71. The van der Waals surface area contributed by atoms with Crippen LogP contribution in [0.2, 0.25) is 0 Å². The molecule has 1 aromatic rings. The van der Waals surface area contributed by atoms with Crippen LogP contribution >= 0.6 is 0 Å². The zero-order chi connectivity index (χ0) is 7.52. The van der Waals surface area contributed by atoms with Crippen LogP contribution in [0, 0.1) is 0 Å².